The molecule has 1 heterocycles. The van der Waals surface area contributed by atoms with Gasteiger partial charge in [-0.2, -0.15) is 0 Å². The Hall–Kier alpha value is -0.0800. The number of nitrogens with one attached hydrogen (secondary N) is 1. The molecule has 1 aliphatic heterocycles. The summed E-state index contributed by atoms with van der Waals surface area (Å²) < 4.78 is 0. The number of hydrogen-bond donors (Lipinski definition) is 1. The van der Waals surface area contributed by atoms with Crippen LogP contribution >= 0.6 is 0 Å². The number of likely N-dealkylation sites (tertiary alicyclic amines) is 1. The molecule has 17 heavy (non-hydrogen) atoms. The van der Waals surface area contributed by atoms with E-state index in [-0.39, 0.29) is 0 Å². The van der Waals surface area contributed by atoms with Crippen LogP contribution < -0.4 is 5.32 Å². The van der Waals surface area contributed by atoms with Crippen LogP contribution in [0.3, 0.4) is 0 Å². The van der Waals surface area contributed by atoms with Gasteiger partial charge < -0.3 is 10.2 Å². The van der Waals surface area contributed by atoms with E-state index in [1.807, 2.05) is 0 Å². The third kappa shape index (κ3) is 3.45. The van der Waals surface area contributed by atoms with Crippen molar-refractivity contribution in [2.24, 2.45) is 11.3 Å². The third-order valence-electron chi connectivity index (χ3n) is 5.08. The fourth-order valence-electron chi connectivity index (χ4n) is 3.44. The van der Waals surface area contributed by atoms with Crippen molar-refractivity contribution in [2.75, 3.05) is 26.2 Å². The van der Waals surface area contributed by atoms with Gasteiger partial charge in [0.15, 0.2) is 0 Å². The quantitative estimate of drug-likeness (QED) is 0.792. The maximum atomic E-state index is 3.65. The minimum absolute atomic E-state index is 0.651. The summed E-state index contributed by atoms with van der Waals surface area (Å²) in [5.41, 5.74) is 0.740. The lowest BCUT2D eigenvalue weighted by molar-refractivity contribution is 0.256. The fourth-order valence-corrected chi connectivity index (χ4v) is 3.44. The predicted molar refractivity (Wildman–Crippen MR) is 74.3 cm³/mol. The first kappa shape index (κ1) is 13.4. The van der Waals surface area contributed by atoms with Crippen LogP contribution in [0.4, 0.5) is 0 Å². The summed E-state index contributed by atoms with van der Waals surface area (Å²) in [7, 11) is 0. The predicted octanol–water partition coefficient (Wildman–Crippen LogP) is 2.89. The molecule has 1 N–H and O–H groups in total. The molecule has 1 aliphatic carbocycles. The van der Waals surface area contributed by atoms with Crippen LogP contribution in [-0.4, -0.2) is 37.1 Å². The van der Waals surface area contributed by atoms with Crippen molar-refractivity contribution in [3.63, 3.8) is 0 Å². The second-order valence-electron chi connectivity index (χ2n) is 6.72. The van der Waals surface area contributed by atoms with Crippen molar-refractivity contribution in [3.8, 4) is 0 Å². The zero-order chi connectivity index (χ0) is 12.3. The first-order valence-electron chi connectivity index (χ1n) is 7.57. The normalized spacial score (nSPS) is 26.1. The molecule has 0 bridgehead atoms. The summed E-state index contributed by atoms with van der Waals surface area (Å²) in [5, 5.41) is 3.65. The first-order chi connectivity index (χ1) is 8.11. The van der Waals surface area contributed by atoms with E-state index in [9.17, 15) is 0 Å². The highest BCUT2D eigenvalue weighted by molar-refractivity contribution is 4.93. The summed E-state index contributed by atoms with van der Waals surface area (Å²) in [5.74, 6) is 0.745. The van der Waals surface area contributed by atoms with E-state index >= 15 is 0 Å². The highest BCUT2D eigenvalue weighted by Crippen LogP contribution is 2.45. The van der Waals surface area contributed by atoms with Crippen LogP contribution in [-0.2, 0) is 0 Å². The average Bonchev–Trinajstić information content (AvgIpc) is 2.90. The molecule has 2 fully saturated rings. The molecule has 0 aromatic rings. The van der Waals surface area contributed by atoms with Gasteiger partial charge in [-0.3, -0.25) is 0 Å². The minimum Gasteiger partial charge on any atom is -0.313 e. The van der Waals surface area contributed by atoms with Crippen molar-refractivity contribution < 1.29 is 0 Å². The molecule has 100 valence electrons. The van der Waals surface area contributed by atoms with Gasteiger partial charge in [-0.1, -0.05) is 26.7 Å². The lowest BCUT2D eigenvalue weighted by Gasteiger charge is -2.24. The molecule has 1 saturated heterocycles. The van der Waals surface area contributed by atoms with E-state index < -0.39 is 0 Å². The van der Waals surface area contributed by atoms with E-state index in [1.54, 1.807) is 0 Å². The van der Waals surface area contributed by atoms with Gasteiger partial charge in [0.05, 0.1) is 0 Å². The van der Waals surface area contributed by atoms with Crippen molar-refractivity contribution in [3.05, 3.63) is 0 Å². The van der Waals surface area contributed by atoms with Crippen LogP contribution in [0.15, 0.2) is 0 Å². The van der Waals surface area contributed by atoms with Crippen LogP contribution in [0.5, 0.6) is 0 Å². The van der Waals surface area contributed by atoms with Gasteiger partial charge in [-0.05, 0) is 44.1 Å². The van der Waals surface area contributed by atoms with Gasteiger partial charge in [-0.25, -0.2) is 0 Å². The third-order valence-corrected chi connectivity index (χ3v) is 5.08. The lowest BCUT2D eigenvalue weighted by Crippen LogP contribution is -2.38. The SMILES string of the molecule is CC(C)C(C)NCCN1CCC2(CCCC2)C1. The fraction of sp³-hybridized carbons (Fsp3) is 1.00. The Morgan fingerprint density at radius 1 is 1.12 bits per heavy atom. The summed E-state index contributed by atoms with van der Waals surface area (Å²) in [6.45, 7) is 12.0. The van der Waals surface area contributed by atoms with Gasteiger partial charge in [0.25, 0.3) is 0 Å². The van der Waals surface area contributed by atoms with E-state index in [0.29, 0.717) is 6.04 Å². The van der Waals surface area contributed by atoms with E-state index in [2.05, 4.69) is 31.0 Å². The monoisotopic (exact) mass is 238 g/mol. The average molecular weight is 238 g/mol. The maximum Gasteiger partial charge on any atom is 0.0107 e. The second kappa shape index (κ2) is 5.71. The van der Waals surface area contributed by atoms with E-state index in [4.69, 9.17) is 0 Å². The van der Waals surface area contributed by atoms with Gasteiger partial charge in [-0.15, -0.1) is 0 Å². The van der Waals surface area contributed by atoms with Gasteiger partial charge in [0.2, 0.25) is 0 Å². The topological polar surface area (TPSA) is 15.3 Å². The van der Waals surface area contributed by atoms with Crippen LogP contribution in [0, 0.1) is 11.3 Å². The molecule has 1 saturated carbocycles. The molecule has 2 heteroatoms. The Labute approximate surface area is 107 Å². The number of hydrogen-bond acceptors (Lipinski definition) is 2. The highest BCUT2D eigenvalue weighted by Gasteiger charge is 2.39. The minimum atomic E-state index is 0.651. The van der Waals surface area contributed by atoms with Gasteiger partial charge >= 0.3 is 0 Å². The zero-order valence-corrected chi connectivity index (χ0v) is 12.0. The maximum absolute atomic E-state index is 3.65. The smallest absolute Gasteiger partial charge is 0.0107 e. The molecule has 1 spiro atoms. The van der Waals surface area contributed by atoms with Crippen LogP contribution in [0.25, 0.3) is 0 Å². The Morgan fingerprint density at radius 2 is 1.82 bits per heavy atom. The molecule has 0 radical (unpaired) electrons. The molecule has 1 unspecified atom stereocenters. The zero-order valence-electron chi connectivity index (χ0n) is 12.0. The molecule has 0 aromatic carbocycles. The standard InChI is InChI=1S/C15H30N2/c1-13(2)14(3)16-9-11-17-10-8-15(12-17)6-4-5-7-15/h13-14,16H,4-12H2,1-3H3. The molecule has 1 atom stereocenters. The van der Waals surface area contributed by atoms with E-state index in [0.717, 1.165) is 17.9 Å². The van der Waals surface area contributed by atoms with Crippen LogP contribution in [0.1, 0.15) is 52.9 Å². The van der Waals surface area contributed by atoms with Crippen molar-refractivity contribution in [1.29, 1.82) is 0 Å². The molecule has 2 aliphatic rings. The van der Waals surface area contributed by atoms with Crippen LogP contribution in [0.2, 0.25) is 0 Å². The Kier molecular flexibility index (Phi) is 4.48. The molecule has 0 amide bonds. The number of nitrogens with zero attached hydrogens (tertiary/aromatic N) is 1. The molecule has 2 nitrogen and oxygen atoms in total. The van der Waals surface area contributed by atoms with Crippen molar-refractivity contribution in [2.45, 2.75) is 58.9 Å². The summed E-state index contributed by atoms with van der Waals surface area (Å²) >= 11 is 0. The second-order valence-corrected chi connectivity index (χ2v) is 6.72. The summed E-state index contributed by atoms with van der Waals surface area (Å²) in [4.78, 5) is 2.69. The Bertz CT molecular complexity index is 231. The highest BCUT2D eigenvalue weighted by atomic mass is 15.2. The molecular formula is C15H30N2. The lowest BCUT2D eigenvalue weighted by atomic mass is 9.86. The summed E-state index contributed by atoms with van der Waals surface area (Å²) in [6, 6.07) is 0.651. The number of rotatable bonds is 5. The van der Waals surface area contributed by atoms with Crippen molar-refractivity contribution >= 4 is 0 Å². The van der Waals surface area contributed by atoms with Gasteiger partial charge in [0.1, 0.15) is 0 Å². The first-order valence-corrected chi connectivity index (χ1v) is 7.57. The Morgan fingerprint density at radius 3 is 2.47 bits per heavy atom. The van der Waals surface area contributed by atoms with Gasteiger partial charge in [0, 0.05) is 25.7 Å². The van der Waals surface area contributed by atoms with E-state index in [1.165, 1.54) is 51.7 Å². The molecular weight excluding hydrogens is 208 g/mol. The molecule has 2 rings (SSSR count). The largest absolute Gasteiger partial charge is 0.313 e. The Balaban J connectivity index is 1.65. The molecule has 0 aromatic heterocycles. The van der Waals surface area contributed by atoms with Crippen molar-refractivity contribution in [1.82, 2.24) is 10.2 Å². The summed E-state index contributed by atoms with van der Waals surface area (Å²) in [6.07, 6.45) is 7.43.